The van der Waals surface area contributed by atoms with Crippen molar-refractivity contribution in [1.82, 2.24) is 4.72 Å². The predicted octanol–water partition coefficient (Wildman–Crippen LogP) is 1.95. The number of carbonyl (C=O) groups is 1. The summed E-state index contributed by atoms with van der Waals surface area (Å²) in [4.78, 5) is 11.2. The zero-order chi connectivity index (χ0) is 18.3. The van der Waals surface area contributed by atoms with Crippen molar-refractivity contribution in [2.24, 2.45) is 0 Å². The fraction of sp³-hybridized carbons (Fsp3) is 0.235. The molecule has 2 aliphatic rings. The summed E-state index contributed by atoms with van der Waals surface area (Å²) in [5.41, 5.74) is 1.40. The van der Waals surface area contributed by atoms with Crippen LogP contribution in [0.4, 0.5) is 5.69 Å². The van der Waals surface area contributed by atoms with Gasteiger partial charge in [0.1, 0.15) is 22.5 Å². The number of fused-ring (bicyclic) bond motifs is 2. The molecule has 0 aliphatic carbocycles. The summed E-state index contributed by atoms with van der Waals surface area (Å²) in [7, 11) is -3.87. The minimum atomic E-state index is -3.87. The van der Waals surface area contributed by atoms with E-state index in [2.05, 4.69) is 10.0 Å². The van der Waals surface area contributed by atoms with Gasteiger partial charge in [0.25, 0.3) is 5.91 Å². The van der Waals surface area contributed by atoms with E-state index in [1.54, 1.807) is 0 Å². The Morgan fingerprint density at radius 3 is 2.85 bits per heavy atom. The molecule has 0 spiro atoms. The molecular weight excluding hydrogens is 380 g/mol. The number of benzene rings is 2. The Morgan fingerprint density at radius 1 is 1.23 bits per heavy atom. The Bertz CT molecular complexity index is 968. The number of ether oxygens (including phenoxy) is 2. The van der Waals surface area contributed by atoms with Crippen molar-refractivity contribution < 1.29 is 22.7 Å². The van der Waals surface area contributed by atoms with Crippen LogP contribution >= 0.6 is 11.6 Å². The van der Waals surface area contributed by atoms with Crippen LogP contribution in [0.15, 0.2) is 41.3 Å². The van der Waals surface area contributed by atoms with E-state index in [0.717, 1.165) is 11.3 Å². The molecule has 2 aliphatic heterocycles. The number of sulfonamides is 1. The highest BCUT2D eigenvalue weighted by atomic mass is 35.5. The van der Waals surface area contributed by atoms with Crippen LogP contribution in [-0.2, 0) is 21.2 Å². The first-order chi connectivity index (χ1) is 12.4. The van der Waals surface area contributed by atoms with Gasteiger partial charge in [0.15, 0.2) is 6.61 Å². The lowest BCUT2D eigenvalue weighted by Crippen LogP contribution is -2.34. The van der Waals surface area contributed by atoms with Gasteiger partial charge < -0.3 is 14.8 Å². The third-order valence-electron chi connectivity index (χ3n) is 4.17. The highest BCUT2D eigenvalue weighted by Gasteiger charge is 2.27. The van der Waals surface area contributed by atoms with Crippen LogP contribution in [0, 0.1) is 0 Å². The van der Waals surface area contributed by atoms with Crippen LogP contribution in [0.3, 0.4) is 0 Å². The molecule has 0 bridgehead atoms. The molecule has 2 N–H and O–H groups in total. The first-order valence-corrected chi connectivity index (χ1v) is 9.79. The average molecular weight is 395 g/mol. The summed E-state index contributed by atoms with van der Waals surface area (Å²) in [5.74, 6) is 0.715. The van der Waals surface area contributed by atoms with Gasteiger partial charge in [0.2, 0.25) is 10.0 Å². The number of carbonyl (C=O) groups excluding carboxylic acids is 1. The molecule has 2 heterocycles. The molecule has 1 amide bonds. The number of amides is 1. The van der Waals surface area contributed by atoms with Crippen molar-refractivity contribution in [3.63, 3.8) is 0 Å². The summed E-state index contributed by atoms with van der Waals surface area (Å²) >= 11 is 6.10. The summed E-state index contributed by atoms with van der Waals surface area (Å²) in [6, 6.07) is 10.3. The second-order valence-corrected chi connectivity index (χ2v) is 8.16. The third kappa shape index (κ3) is 3.23. The van der Waals surface area contributed by atoms with Crippen LogP contribution in [0.2, 0.25) is 5.02 Å². The van der Waals surface area contributed by atoms with E-state index in [1.165, 1.54) is 12.1 Å². The smallest absolute Gasteiger partial charge is 0.262 e. The van der Waals surface area contributed by atoms with E-state index >= 15 is 0 Å². The summed E-state index contributed by atoms with van der Waals surface area (Å²) in [6.07, 6.45) is 0.347. The monoisotopic (exact) mass is 394 g/mol. The number of rotatable bonds is 4. The predicted molar refractivity (Wildman–Crippen MR) is 95.3 cm³/mol. The molecule has 0 aromatic heterocycles. The van der Waals surface area contributed by atoms with Crippen LogP contribution in [0.25, 0.3) is 0 Å². The Hall–Kier alpha value is -2.29. The average Bonchev–Trinajstić information content (AvgIpc) is 3.02. The van der Waals surface area contributed by atoms with Gasteiger partial charge >= 0.3 is 0 Å². The van der Waals surface area contributed by atoms with Gasteiger partial charge in [-0.1, -0.05) is 29.8 Å². The van der Waals surface area contributed by atoms with Crippen molar-refractivity contribution in [3.05, 3.63) is 47.0 Å². The SMILES string of the molecule is O=C1COc2cc(S(=O)(=O)NCC3Cc4ccccc4O3)c(Cl)cc2N1. The molecule has 1 atom stereocenters. The van der Waals surface area contributed by atoms with Crippen LogP contribution in [0.5, 0.6) is 11.5 Å². The Kier molecular flexibility index (Phi) is 4.26. The number of hydrogen-bond acceptors (Lipinski definition) is 5. The number of nitrogens with one attached hydrogen (secondary N) is 2. The highest BCUT2D eigenvalue weighted by molar-refractivity contribution is 7.89. The summed E-state index contributed by atoms with van der Waals surface area (Å²) in [5, 5.41) is 2.58. The van der Waals surface area contributed by atoms with E-state index in [9.17, 15) is 13.2 Å². The van der Waals surface area contributed by atoms with Gasteiger partial charge in [-0.2, -0.15) is 0 Å². The molecule has 0 radical (unpaired) electrons. The largest absolute Gasteiger partial charge is 0.488 e. The second kappa shape index (κ2) is 6.46. The zero-order valence-corrected chi connectivity index (χ0v) is 15.1. The van der Waals surface area contributed by atoms with Crippen molar-refractivity contribution in [2.45, 2.75) is 17.4 Å². The maximum absolute atomic E-state index is 12.6. The van der Waals surface area contributed by atoms with Crippen molar-refractivity contribution in [1.29, 1.82) is 0 Å². The van der Waals surface area contributed by atoms with Crippen molar-refractivity contribution >= 4 is 33.2 Å². The molecule has 4 rings (SSSR count). The summed E-state index contributed by atoms with van der Waals surface area (Å²) in [6.45, 7) is -0.0578. The summed E-state index contributed by atoms with van der Waals surface area (Å²) < 4.78 is 38.8. The lowest BCUT2D eigenvalue weighted by Gasteiger charge is -2.20. The molecule has 2 aromatic rings. The Balaban J connectivity index is 1.50. The van der Waals surface area contributed by atoms with Gasteiger partial charge in [-0.3, -0.25) is 4.79 Å². The maximum Gasteiger partial charge on any atom is 0.262 e. The zero-order valence-electron chi connectivity index (χ0n) is 13.5. The molecular formula is C17H15ClN2O5S. The molecule has 26 heavy (non-hydrogen) atoms. The van der Waals surface area contributed by atoms with Crippen LogP contribution in [-0.4, -0.2) is 33.6 Å². The third-order valence-corrected chi connectivity index (χ3v) is 6.06. The molecule has 9 heteroatoms. The van der Waals surface area contributed by atoms with Gasteiger partial charge in [-0.05, 0) is 17.7 Å². The van der Waals surface area contributed by atoms with Crippen molar-refractivity contribution in [3.8, 4) is 11.5 Å². The molecule has 0 saturated carbocycles. The van der Waals surface area contributed by atoms with E-state index in [1.807, 2.05) is 24.3 Å². The quantitative estimate of drug-likeness (QED) is 0.826. The van der Waals surface area contributed by atoms with Crippen LogP contribution < -0.4 is 19.5 Å². The normalized spacial score (nSPS) is 18.3. The first-order valence-electron chi connectivity index (χ1n) is 7.93. The molecule has 0 saturated heterocycles. The van der Waals surface area contributed by atoms with E-state index < -0.39 is 10.0 Å². The Labute approximate surface area is 155 Å². The fourth-order valence-corrected chi connectivity index (χ4v) is 4.54. The molecule has 1 unspecified atom stereocenters. The van der Waals surface area contributed by atoms with E-state index in [-0.39, 0.29) is 40.8 Å². The molecule has 0 fully saturated rings. The maximum atomic E-state index is 12.6. The second-order valence-electron chi connectivity index (χ2n) is 6.02. The van der Waals surface area contributed by atoms with Gasteiger partial charge in [-0.15, -0.1) is 0 Å². The van der Waals surface area contributed by atoms with Gasteiger partial charge in [0.05, 0.1) is 10.7 Å². The number of anilines is 1. The topological polar surface area (TPSA) is 93.7 Å². The number of halogens is 1. The fourth-order valence-electron chi connectivity index (χ4n) is 2.94. The van der Waals surface area contributed by atoms with E-state index in [4.69, 9.17) is 21.1 Å². The standard InChI is InChI=1S/C17H15ClN2O5S/c18-12-6-13-15(24-9-17(21)20-13)7-16(12)26(22,23)19-8-11-5-10-3-1-2-4-14(10)25-11/h1-4,6-7,11,19H,5,8-9H2,(H,20,21). The highest BCUT2D eigenvalue weighted by Crippen LogP contribution is 2.35. The molecule has 136 valence electrons. The lowest BCUT2D eigenvalue weighted by molar-refractivity contribution is -0.118. The number of para-hydroxylation sites is 1. The molecule has 2 aromatic carbocycles. The minimum Gasteiger partial charge on any atom is -0.488 e. The minimum absolute atomic E-state index is 0.00215. The lowest BCUT2D eigenvalue weighted by atomic mass is 10.1. The first kappa shape index (κ1) is 17.1. The van der Waals surface area contributed by atoms with Gasteiger partial charge in [-0.25, -0.2) is 13.1 Å². The van der Waals surface area contributed by atoms with Crippen LogP contribution in [0.1, 0.15) is 5.56 Å². The van der Waals surface area contributed by atoms with E-state index in [0.29, 0.717) is 12.1 Å². The Morgan fingerprint density at radius 2 is 2.04 bits per heavy atom. The van der Waals surface area contributed by atoms with Crippen molar-refractivity contribution in [2.75, 3.05) is 18.5 Å². The number of hydrogen-bond donors (Lipinski definition) is 2. The van der Waals surface area contributed by atoms with Gasteiger partial charge in [0, 0.05) is 19.0 Å². The molecule has 7 nitrogen and oxygen atoms in total.